The third kappa shape index (κ3) is 12.3. The maximum atomic E-state index is 10.4. The molecule has 0 fully saturated rings. The fourth-order valence-electron chi connectivity index (χ4n) is 2.05. The molecular weight excluding hydrogens is 244 g/mol. The van der Waals surface area contributed by atoms with E-state index >= 15 is 0 Å². The number of hydrogen-bond donors (Lipinski definition) is 1. The van der Waals surface area contributed by atoms with E-state index in [1.807, 2.05) is 11.8 Å². The van der Waals surface area contributed by atoms with Crippen LogP contribution in [0.5, 0.6) is 0 Å². The molecule has 0 aliphatic heterocycles. The summed E-state index contributed by atoms with van der Waals surface area (Å²) in [6.07, 6.45) is 12.2. The van der Waals surface area contributed by atoms with Gasteiger partial charge in [0.2, 0.25) is 0 Å². The molecule has 1 atom stereocenters. The van der Waals surface area contributed by atoms with Crippen LogP contribution in [0.25, 0.3) is 0 Å². The molecule has 18 heavy (non-hydrogen) atoms. The lowest BCUT2D eigenvalue weighted by Gasteiger charge is -2.13. The molecule has 0 radical (unpaired) electrons. The summed E-state index contributed by atoms with van der Waals surface area (Å²) in [4.78, 5) is 10.4. The quantitative estimate of drug-likeness (QED) is 0.474. The van der Waals surface area contributed by atoms with Crippen LogP contribution in [0.4, 0.5) is 0 Å². The van der Waals surface area contributed by atoms with E-state index in [2.05, 4.69) is 13.8 Å². The summed E-state index contributed by atoms with van der Waals surface area (Å²) in [6, 6.07) is 0. The molecule has 0 spiro atoms. The predicted molar refractivity (Wildman–Crippen MR) is 81.4 cm³/mol. The van der Waals surface area contributed by atoms with E-state index in [9.17, 15) is 4.79 Å². The molecule has 0 aliphatic rings. The second kappa shape index (κ2) is 13.3. The van der Waals surface area contributed by atoms with Gasteiger partial charge in [-0.2, -0.15) is 11.8 Å². The number of rotatable bonds is 13. The average molecular weight is 274 g/mol. The molecule has 2 nitrogen and oxygen atoms in total. The highest BCUT2D eigenvalue weighted by atomic mass is 32.2. The van der Waals surface area contributed by atoms with Crippen molar-refractivity contribution < 1.29 is 9.90 Å². The van der Waals surface area contributed by atoms with Gasteiger partial charge in [0.15, 0.2) is 0 Å². The first-order chi connectivity index (χ1) is 8.70. The van der Waals surface area contributed by atoms with Crippen LogP contribution in [0.3, 0.4) is 0 Å². The van der Waals surface area contributed by atoms with Gasteiger partial charge < -0.3 is 5.11 Å². The van der Waals surface area contributed by atoms with Crippen molar-refractivity contribution in [2.45, 2.75) is 83.3 Å². The Balaban J connectivity index is 3.35. The molecule has 1 unspecified atom stereocenters. The largest absolute Gasteiger partial charge is 0.481 e. The molecular formula is C15H30O2S. The number of carboxylic acid groups (broad SMARTS) is 1. The van der Waals surface area contributed by atoms with Gasteiger partial charge in [0.1, 0.15) is 0 Å². The molecule has 0 aliphatic carbocycles. The van der Waals surface area contributed by atoms with Crippen LogP contribution >= 0.6 is 11.8 Å². The van der Waals surface area contributed by atoms with Gasteiger partial charge in [0.05, 0.1) is 6.42 Å². The predicted octanol–water partition coefficient (Wildman–Crippen LogP) is 5.11. The Morgan fingerprint density at radius 3 is 2.22 bits per heavy atom. The second-order valence-corrected chi connectivity index (χ2v) is 6.36. The van der Waals surface area contributed by atoms with E-state index < -0.39 is 5.97 Å². The summed E-state index contributed by atoms with van der Waals surface area (Å²) in [5.41, 5.74) is 0. The summed E-state index contributed by atoms with van der Waals surface area (Å²) in [5, 5.41) is 9.27. The summed E-state index contributed by atoms with van der Waals surface area (Å²) in [6.45, 7) is 4.46. The Morgan fingerprint density at radius 2 is 1.67 bits per heavy atom. The molecule has 0 aromatic rings. The Labute approximate surface area is 117 Å². The van der Waals surface area contributed by atoms with Gasteiger partial charge in [-0.3, -0.25) is 4.79 Å². The molecule has 1 N–H and O–H groups in total. The molecule has 0 rings (SSSR count). The zero-order valence-electron chi connectivity index (χ0n) is 12.1. The van der Waals surface area contributed by atoms with Gasteiger partial charge >= 0.3 is 5.97 Å². The van der Waals surface area contributed by atoms with E-state index in [4.69, 9.17) is 5.11 Å². The number of hydrogen-bond acceptors (Lipinski definition) is 2. The third-order valence-corrected chi connectivity index (χ3v) is 4.73. The standard InChI is InChI=1S/C15H30O2S/c1-3-5-6-7-8-9-10-11-14(4-2)18-13-12-15(16)17/h14H,3-13H2,1-2H3,(H,16,17). The van der Waals surface area contributed by atoms with Crippen LogP contribution in [-0.4, -0.2) is 22.1 Å². The molecule has 0 aromatic heterocycles. The minimum Gasteiger partial charge on any atom is -0.481 e. The molecule has 0 bridgehead atoms. The Morgan fingerprint density at radius 1 is 1.06 bits per heavy atom. The van der Waals surface area contributed by atoms with Gasteiger partial charge in [-0.1, -0.05) is 58.8 Å². The lowest BCUT2D eigenvalue weighted by Crippen LogP contribution is -2.04. The van der Waals surface area contributed by atoms with Crippen LogP contribution in [0.2, 0.25) is 0 Å². The van der Waals surface area contributed by atoms with Crippen molar-refractivity contribution in [3.8, 4) is 0 Å². The SMILES string of the molecule is CCCCCCCCCC(CC)SCCC(=O)O. The monoisotopic (exact) mass is 274 g/mol. The summed E-state index contributed by atoms with van der Waals surface area (Å²) >= 11 is 1.84. The fraction of sp³-hybridized carbons (Fsp3) is 0.933. The van der Waals surface area contributed by atoms with Gasteiger partial charge in [0, 0.05) is 11.0 Å². The second-order valence-electron chi connectivity index (χ2n) is 4.95. The number of carbonyl (C=O) groups is 1. The number of unbranched alkanes of at least 4 members (excludes halogenated alkanes) is 6. The molecule has 0 heterocycles. The molecule has 0 saturated carbocycles. The highest BCUT2D eigenvalue weighted by Gasteiger charge is 2.07. The van der Waals surface area contributed by atoms with Crippen molar-refractivity contribution in [3.05, 3.63) is 0 Å². The van der Waals surface area contributed by atoms with Crippen molar-refractivity contribution in [1.82, 2.24) is 0 Å². The summed E-state index contributed by atoms with van der Waals surface area (Å²) in [7, 11) is 0. The number of carboxylic acids is 1. The fourth-order valence-corrected chi connectivity index (χ4v) is 3.24. The highest BCUT2D eigenvalue weighted by Crippen LogP contribution is 2.22. The Bertz CT molecular complexity index is 195. The molecule has 108 valence electrons. The molecule has 3 heteroatoms. The van der Waals surface area contributed by atoms with Crippen molar-refractivity contribution in [2.75, 3.05) is 5.75 Å². The van der Waals surface area contributed by atoms with Crippen molar-refractivity contribution in [2.24, 2.45) is 0 Å². The van der Waals surface area contributed by atoms with Crippen molar-refractivity contribution >= 4 is 17.7 Å². The van der Waals surface area contributed by atoms with Gasteiger partial charge in [-0.05, 0) is 12.8 Å². The maximum absolute atomic E-state index is 10.4. The number of aliphatic carboxylic acids is 1. The molecule has 0 amide bonds. The van der Waals surface area contributed by atoms with E-state index in [1.165, 1.54) is 57.8 Å². The van der Waals surface area contributed by atoms with Crippen LogP contribution in [-0.2, 0) is 4.79 Å². The lowest BCUT2D eigenvalue weighted by molar-refractivity contribution is -0.136. The van der Waals surface area contributed by atoms with Gasteiger partial charge in [-0.25, -0.2) is 0 Å². The first-order valence-electron chi connectivity index (χ1n) is 7.54. The first kappa shape index (κ1) is 17.8. The van der Waals surface area contributed by atoms with E-state index in [0.717, 1.165) is 5.75 Å². The normalized spacial score (nSPS) is 12.6. The van der Waals surface area contributed by atoms with Gasteiger partial charge in [-0.15, -0.1) is 0 Å². The topological polar surface area (TPSA) is 37.3 Å². The number of thioether (sulfide) groups is 1. The maximum Gasteiger partial charge on any atom is 0.304 e. The van der Waals surface area contributed by atoms with Crippen LogP contribution in [0.15, 0.2) is 0 Å². The van der Waals surface area contributed by atoms with Gasteiger partial charge in [0.25, 0.3) is 0 Å². The zero-order valence-corrected chi connectivity index (χ0v) is 12.9. The van der Waals surface area contributed by atoms with Crippen molar-refractivity contribution in [3.63, 3.8) is 0 Å². The van der Waals surface area contributed by atoms with E-state index in [-0.39, 0.29) is 0 Å². The molecule has 0 saturated heterocycles. The highest BCUT2D eigenvalue weighted by molar-refractivity contribution is 7.99. The summed E-state index contributed by atoms with van der Waals surface area (Å²) in [5.74, 6) is 0.0953. The summed E-state index contributed by atoms with van der Waals surface area (Å²) < 4.78 is 0. The van der Waals surface area contributed by atoms with E-state index in [0.29, 0.717) is 11.7 Å². The first-order valence-corrected chi connectivity index (χ1v) is 8.59. The molecule has 0 aromatic carbocycles. The minimum atomic E-state index is -0.673. The van der Waals surface area contributed by atoms with E-state index in [1.54, 1.807) is 0 Å². The van der Waals surface area contributed by atoms with Crippen LogP contribution in [0, 0.1) is 0 Å². The third-order valence-electron chi connectivity index (χ3n) is 3.25. The minimum absolute atomic E-state index is 0.304. The Kier molecular flexibility index (Phi) is 13.1. The van der Waals surface area contributed by atoms with Crippen LogP contribution < -0.4 is 0 Å². The zero-order chi connectivity index (χ0) is 13.6. The lowest BCUT2D eigenvalue weighted by atomic mass is 10.1. The smallest absolute Gasteiger partial charge is 0.304 e. The Hall–Kier alpha value is -0.180. The van der Waals surface area contributed by atoms with Crippen LogP contribution in [0.1, 0.15) is 78.1 Å². The average Bonchev–Trinajstić information content (AvgIpc) is 2.35. The van der Waals surface area contributed by atoms with Crippen molar-refractivity contribution in [1.29, 1.82) is 0 Å².